The number of likely N-dealkylation sites (tertiary alicyclic amines) is 1. The number of rotatable bonds is 4. The average Bonchev–Trinajstić information content (AvgIpc) is 2.26. The third kappa shape index (κ3) is 4.20. The molecule has 0 aromatic rings. The van der Waals surface area contributed by atoms with Gasteiger partial charge in [-0.25, -0.2) is 4.79 Å². The van der Waals surface area contributed by atoms with Crippen LogP contribution in [0.15, 0.2) is 0 Å². The van der Waals surface area contributed by atoms with Gasteiger partial charge in [0.25, 0.3) is 0 Å². The summed E-state index contributed by atoms with van der Waals surface area (Å²) >= 11 is 0. The number of nitrogens with two attached hydrogens (primary N) is 1. The molecule has 0 bridgehead atoms. The van der Waals surface area contributed by atoms with Crippen molar-refractivity contribution < 1.29 is 14.7 Å². The molecule has 1 fully saturated rings. The van der Waals surface area contributed by atoms with Gasteiger partial charge in [-0.3, -0.25) is 4.79 Å². The van der Waals surface area contributed by atoms with Crippen molar-refractivity contribution >= 4 is 11.9 Å². The van der Waals surface area contributed by atoms with Crippen molar-refractivity contribution in [1.29, 1.82) is 0 Å². The van der Waals surface area contributed by atoms with E-state index in [4.69, 9.17) is 5.73 Å². The second kappa shape index (κ2) is 6.12. The predicted molar refractivity (Wildman–Crippen MR) is 78.3 cm³/mol. The fourth-order valence-electron chi connectivity index (χ4n) is 2.94. The molecular formula is C15H28N2O3. The SMILES string of the molecule is CC(C)(C)CC(N)CC(=O)N1CCCCC1(C)C(=O)O. The molecule has 1 aliphatic rings. The molecule has 0 spiro atoms. The summed E-state index contributed by atoms with van der Waals surface area (Å²) < 4.78 is 0. The summed E-state index contributed by atoms with van der Waals surface area (Å²) in [5, 5.41) is 9.41. The first-order valence-corrected chi connectivity index (χ1v) is 7.36. The second-order valence-corrected chi connectivity index (χ2v) is 7.31. The Hall–Kier alpha value is -1.10. The summed E-state index contributed by atoms with van der Waals surface area (Å²) in [7, 11) is 0. The first-order valence-electron chi connectivity index (χ1n) is 7.36. The van der Waals surface area contributed by atoms with Crippen LogP contribution in [0.1, 0.15) is 59.8 Å². The van der Waals surface area contributed by atoms with Crippen molar-refractivity contribution in [2.75, 3.05) is 6.54 Å². The highest BCUT2D eigenvalue weighted by molar-refractivity contribution is 5.87. The van der Waals surface area contributed by atoms with Crippen LogP contribution < -0.4 is 5.73 Å². The molecule has 1 amide bonds. The zero-order chi connectivity index (χ0) is 15.6. The van der Waals surface area contributed by atoms with E-state index in [2.05, 4.69) is 20.8 Å². The van der Waals surface area contributed by atoms with Gasteiger partial charge < -0.3 is 15.7 Å². The van der Waals surface area contributed by atoms with E-state index in [1.54, 1.807) is 6.92 Å². The molecule has 0 aromatic heterocycles. The number of piperidine rings is 1. The van der Waals surface area contributed by atoms with Gasteiger partial charge in [0.15, 0.2) is 0 Å². The fourth-order valence-corrected chi connectivity index (χ4v) is 2.94. The van der Waals surface area contributed by atoms with Crippen LogP contribution in [-0.4, -0.2) is 40.0 Å². The van der Waals surface area contributed by atoms with Crippen LogP contribution in [0.5, 0.6) is 0 Å². The van der Waals surface area contributed by atoms with E-state index >= 15 is 0 Å². The third-order valence-electron chi connectivity index (χ3n) is 3.96. The van der Waals surface area contributed by atoms with Crippen molar-refractivity contribution in [3.05, 3.63) is 0 Å². The number of carboxylic acids is 1. The third-order valence-corrected chi connectivity index (χ3v) is 3.96. The zero-order valence-electron chi connectivity index (χ0n) is 13.1. The zero-order valence-corrected chi connectivity index (χ0v) is 13.1. The number of hydrogen-bond acceptors (Lipinski definition) is 3. The van der Waals surface area contributed by atoms with Gasteiger partial charge in [-0.1, -0.05) is 20.8 Å². The van der Waals surface area contributed by atoms with Gasteiger partial charge in [-0.05, 0) is 38.0 Å². The normalized spacial score (nSPS) is 25.4. The van der Waals surface area contributed by atoms with Crippen LogP contribution >= 0.6 is 0 Å². The molecule has 1 saturated heterocycles. The van der Waals surface area contributed by atoms with Crippen LogP contribution in [0.4, 0.5) is 0 Å². The molecule has 2 atom stereocenters. The van der Waals surface area contributed by atoms with Crippen LogP contribution in [0.3, 0.4) is 0 Å². The van der Waals surface area contributed by atoms with E-state index in [9.17, 15) is 14.7 Å². The molecular weight excluding hydrogens is 256 g/mol. The van der Waals surface area contributed by atoms with Crippen molar-refractivity contribution in [3.8, 4) is 0 Å². The molecule has 5 heteroatoms. The lowest BCUT2D eigenvalue weighted by Gasteiger charge is -2.42. The van der Waals surface area contributed by atoms with Gasteiger partial charge in [-0.2, -0.15) is 0 Å². The number of carbonyl (C=O) groups is 2. The summed E-state index contributed by atoms with van der Waals surface area (Å²) in [4.78, 5) is 25.4. The number of amides is 1. The quantitative estimate of drug-likeness (QED) is 0.827. The van der Waals surface area contributed by atoms with Gasteiger partial charge in [0.2, 0.25) is 5.91 Å². The first kappa shape index (κ1) is 17.0. The maximum atomic E-state index is 12.4. The fraction of sp³-hybridized carbons (Fsp3) is 0.867. The minimum absolute atomic E-state index is 0.0672. The lowest BCUT2D eigenvalue weighted by molar-refractivity contribution is -0.161. The van der Waals surface area contributed by atoms with Crippen LogP contribution in [0, 0.1) is 5.41 Å². The predicted octanol–water partition coefficient (Wildman–Crippen LogP) is 2.00. The number of carboxylic acid groups (broad SMARTS) is 1. The number of nitrogens with zero attached hydrogens (tertiary/aromatic N) is 1. The molecule has 0 radical (unpaired) electrons. The maximum Gasteiger partial charge on any atom is 0.329 e. The van der Waals surface area contributed by atoms with Gasteiger partial charge in [-0.15, -0.1) is 0 Å². The Labute approximate surface area is 121 Å². The molecule has 2 unspecified atom stereocenters. The van der Waals surface area contributed by atoms with E-state index in [0.717, 1.165) is 19.3 Å². The van der Waals surface area contributed by atoms with Gasteiger partial charge >= 0.3 is 5.97 Å². The maximum absolute atomic E-state index is 12.4. The van der Waals surface area contributed by atoms with E-state index in [0.29, 0.717) is 13.0 Å². The minimum atomic E-state index is -1.07. The van der Waals surface area contributed by atoms with Gasteiger partial charge in [0, 0.05) is 19.0 Å². The molecule has 0 aromatic carbocycles. The van der Waals surface area contributed by atoms with E-state index in [1.807, 2.05) is 0 Å². The summed E-state index contributed by atoms with van der Waals surface area (Å²) in [6.07, 6.45) is 3.20. The van der Waals surface area contributed by atoms with E-state index in [1.165, 1.54) is 4.90 Å². The summed E-state index contributed by atoms with van der Waals surface area (Å²) in [5.41, 5.74) is 5.03. The number of hydrogen-bond donors (Lipinski definition) is 2. The van der Waals surface area contributed by atoms with Crippen LogP contribution in [-0.2, 0) is 9.59 Å². The van der Waals surface area contributed by atoms with E-state index < -0.39 is 11.5 Å². The van der Waals surface area contributed by atoms with Crippen LogP contribution in [0.25, 0.3) is 0 Å². The molecule has 116 valence electrons. The van der Waals surface area contributed by atoms with Gasteiger partial charge in [0.1, 0.15) is 5.54 Å². The van der Waals surface area contributed by atoms with Crippen molar-refractivity contribution in [1.82, 2.24) is 4.90 Å². The molecule has 0 aliphatic carbocycles. The molecule has 0 saturated carbocycles. The number of aliphatic carboxylic acids is 1. The standard InChI is InChI=1S/C15H28N2O3/c1-14(2,3)10-11(16)9-12(18)17-8-6-5-7-15(17,4)13(19)20/h11H,5-10,16H2,1-4H3,(H,19,20). The Bertz CT molecular complexity index is 376. The Morgan fingerprint density at radius 2 is 1.95 bits per heavy atom. The van der Waals surface area contributed by atoms with Crippen molar-refractivity contribution in [2.24, 2.45) is 11.1 Å². The average molecular weight is 284 g/mol. The first-order chi connectivity index (χ1) is 9.06. The van der Waals surface area contributed by atoms with Crippen LogP contribution in [0.2, 0.25) is 0 Å². The lowest BCUT2D eigenvalue weighted by atomic mass is 9.85. The Balaban J connectivity index is 2.72. The lowest BCUT2D eigenvalue weighted by Crippen LogP contribution is -2.58. The number of carbonyl (C=O) groups excluding carboxylic acids is 1. The van der Waals surface area contributed by atoms with Crippen molar-refractivity contribution in [3.63, 3.8) is 0 Å². The summed E-state index contributed by atoms with van der Waals surface area (Å²) in [6, 6.07) is -0.220. The summed E-state index contributed by atoms with van der Waals surface area (Å²) in [6.45, 7) is 8.41. The van der Waals surface area contributed by atoms with Crippen molar-refractivity contribution in [2.45, 2.75) is 71.4 Å². The highest BCUT2D eigenvalue weighted by atomic mass is 16.4. The minimum Gasteiger partial charge on any atom is -0.480 e. The molecule has 1 rings (SSSR count). The smallest absolute Gasteiger partial charge is 0.329 e. The molecule has 3 N–H and O–H groups in total. The largest absolute Gasteiger partial charge is 0.480 e. The molecule has 20 heavy (non-hydrogen) atoms. The Kier molecular flexibility index (Phi) is 5.19. The Morgan fingerprint density at radius 1 is 1.35 bits per heavy atom. The highest BCUT2D eigenvalue weighted by Gasteiger charge is 2.43. The molecule has 5 nitrogen and oxygen atoms in total. The second-order valence-electron chi connectivity index (χ2n) is 7.31. The molecule has 1 heterocycles. The van der Waals surface area contributed by atoms with Gasteiger partial charge in [0.05, 0.1) is 0 Å². The summed E-state index contributed by atoms with van der Waals surface area (Å²) in [5.74, 6) is -1.05. The Morgan fingerprint density at radius 3 is 2.45 bits per heavy atom. The highest BCUT2D eigenvalue weighted by Crippen LogP contribution is 2.29. The van der Waals surface area contributed by atoms with E-state index in [-0.39, 0.29) is 23.8 Å². The topological polar surface area (TPSA) is 83.6 Å². The molecule has 1 aliphatic heterocycles. The monoisotopic (exact) mass is 284 g/mol.